The number of H-pyrrole nitrogens is 1. The topological polar surface area (TPSA) is 66.3 Å². The summed E-state index contributed by atoms with van der Waals surface area (Å²) in [5.41, 5.74) is 0.312. The number of fused-ring (bicyclic) bond motifs is 1. The molecule has 2 heterocycles. The Labute approximate surface area is 110 Å². The second kappa shape index (κ2) is 5.86. The number of rotatable bonds is 6. The Balaban J connectivity index is 2.03. The van der Waals surface area contributed by atoms with Gasteiger partial charge in [0.1, 0.15) is 12.1 Å². The van der Waals surface area contributed by atoms with E-state index in [1.165, 1.54) is 10.7 Å². The SMILES string of the molecule is CN(CCCCCCl)c1cc2n[nH]c(=O)n2cn1. The van der Waals surface area contributed by atoms with Crippen molar-refractivity contribution in [3.8, 4) is 0 Å². The van der Waals surface area contributed by atoms with Crippen LogP contribution in [0.3, 0.4) is 0 Å². The summed E-state index contributed by atoms with van der Waals surface area (Å²) in [5.74, 6) is 1.52. The highest BCUT2D eigenvalue weighted by Gasteiger charge is 2.06. The minimum absolute atomic E-state index is 0.270. The van der Waals surface area contributed by atoms with Gasteiger partial charge in [0.05, 0.1) is 0 Å². The molecule has 0 aliphatic rings. The Kier molecular flexibility index (Phi) is 4.19. The summed E-state index contributed by atoms with van der Waals surface area (Å²) in [5, 5.41) is 6.30. The van der Waals surface area contributed by atoms with Gasteiger partial charge >= 0.3 is 5.69 Å². The average Bonchev–Trinajstić information content (AvgIpc) is 2.76. The number of hydrogen-bond donors (Lipinski definition) is 1. The lowest BCUT2D eigenvalue weighted by Crippen LogP contribution is -2.20. The van der Waals surface area contributed by atoms with E-state index in [0.29, 0.717) is 11.5 Å². The first-order chi connectivity index (χ1) is 8.72. The lowest BCUT2D eigenvalue weighted by atomic mass is 10.2. The molecule has 0 saturated heterocycles. The molecule has 2 rings (SSSR count). The lowest BCUT2D eigenvalue weighted by Gasteiger charge is -2.17. The third kappa shape index (κ3) is 2.81. The number of aromatic nitrogens is 4. The number of nitrogens with one attached hydrogen (secondary N) is 1. The molecule has 7 heteroatoms. The molecule has 0 atom stereocenters. The van der Waals surface area contributed by atoms with Crippen molar-refractivity contribution >= 4 is 23.1 Å². The Bertz CT molecular complexity index is 564. The maximum atomic E-state index is 11.3. The Morgan fingerprint density at radius 2 is 2.28 bits per heavy atom. The van der Waals surface area contributed by atoms with E-state index in [4.69, 9.17) is 11.6 Å². The average molecular weight is 270 g/mol. The van der Waals surface area contributed by atoms with Crippen molar-refractivity contribution in [1.82, 2.24) is 19.6 Å². The molecule has 0 aliphatic heterocycles. The van der Waals surface area contributed by atoms with Gasteiger partial charge in [0, 0.05) is 25.5 Å². The monoisotopic (exact) mass is 269 g/mol. The van der Waals surface area contributed by atoms with E-state index in [-0.39, 0.29) is 5.69 Å². The van der Waals surface area contributed by atoms with Crippen molar-refractivity contribution in [3.63, 3.8) is 0 Å². The number of hydrogen-bond acceptors (Lipinski definition) is 4. The summed E-state index contributed by atoms with van der Waals surface area (Å²) < 4.78 is 1.38. The van der Waals surface area contributed by atoms with Crippen LogP contribution in [0.1, 0.15) is 19.3 Å². The second-order valence-electron chi connectivity index (χ2n) is 4.18. The molecular weight excluding hydrogens is 254 g/mol. The normalized spacial score (nSPS) is 11.0. The van der Waals surface area contributed by atoms with Crippen molar-refractivity contribution in [3.05, 3.63) is 22.9 Å². The molecule has 2 aromatic rings. The molecule has 2 aromatic heterocycles. The van der Waals surface area contributed by atoms with E-state index in [2.05, 4.69) is 15.2 Å². The van der Waals surface area contributed by atoms with E-state index in [9.17, 15) is 4.79 Å². The van der Waals surface area contributed by atoms with Gasteiger partial charge in [0.15, 0.2) is 5.65 Å². The molecule has 18 heavy (non-hydrogen) atoms. The Morgan fingerprint density at radius 3 is 3.06 bits per heavy atom. The van der Waals surface area contributed by atoms with E-state index in [1.807, 2.05) is 11.9 Å². The number of unbranched alkanes of at least 4 members (excludes halogenated alkanes) is 2. The van der Waals surface area contributed by atoms with Gasteiger partial charge in [-0.05, 0) is 12.8 Å². The van der Waals surface area contributed by atoms with E-state index in [0.717, 1.165) is 31.6 Å². The van der Waals surface area contributed by atoms with Crippen LogP contribution in [-0.2, 0) is 0 Å². The molecule has 0 saturated carbocycles. The first-order valence-electron chi connectivity index (χ1n) is 5.92. The predicted molar refractivity (Wildman–Crippen MR) is 71.4 cm³/mol. The third-order valence-corrected chi connectivity index (χ3v) is 3.08. The summed E-state index contributed by atoms with van der Waals surface area (Å²) >= 11 is 5.63. The molecule has 98 valence electrons. The summed E-state index contributed by atoms with van der Waals surface area (Å²) in [6, 6.07) is 1.79. The van der Waals surface area contributed by atoms with Crippen molar-refractivity contribution in [2.45, 2.75) is 19.3 Å². The van der Waals surface area contributed by atoms with Gasteiger partial charge in [-0.3, -0.25) is 0 Å². The first-order valence-corrected chi connectivity index (χ1v) is 6.45. The maximum absolute atomic E-state index is 11.3. The summed E-state index contributed by atoms with van der Waals surface area (Å²) in [6.45, 7) is 0.911. The molecule has 0 bridgehead atoms. The van der Waals surface area contributed by atoms with Gasteiger partial charge in [0.2, 0.25) is 0 Å². The van der Waals surface area contributed by atoms with Gasteiger partial charge in [-0.1, -0.05) is 6.42 Å². The fourth-order valence-electron chi connectivity index (χ4n) is 1.74. The molecule has 1 N–H and O–H groups in total. The van der Waals surface area contributed by atoms with Crippen LogP contribution in [-0.4, -0.2) is 39.1 Å². The third-order valence-electron chi connectivity index (χ3n) is 2.81. The van der Waals surface area contributed by atoms with Gasteiger partial charge in [-0.2, -0.15) is 5.10 Å². The summed E-state index contributed by atoms with van der Waals surface area (Å²) in [6.07, 6.45) is 4.71. The zero-order valence-electron chi connectivity index (χ0n) is 10.3. The highest BCUT2D eigenvalue weighted by molar-refractivity contribution is 6.17. The van der Waals surface area contributed by atoms with Crippen LogP contribution in [0.4, 0.5) is 5.82 Å². The number of nitrogens with zero attached hydrogens (tertiary/aromatic N) is 4. The number of alkyl halides is 1. The molecular formula is C11H16ClN5O. The van der Waals surface area contributed by atoms with Crippen molar-refractivity contribution in [1.29, 1.82) is 0 Å². The fourth-order valence-corrected chi connectivity index (χ4v) is 1.93. The van der Waals surface area contributed by atoms with Crippen molar-refractivity contribution in [2.75, 3.05) is 24.4 Å². The molecule has 0 unspecified atom stereocenters. The molecule has 0 aromatic carbocycles. The highest BCUT2D eigenvalue weighted by Crippen LogP contribution is 2.10. The quantitative estimate of drug-likeness (QED) is 0.633. The maximum Gasteiger partial charge on any atom is 0.348 e. The van der Waals surface area contributed by atoms with Crippen molar-refractivity contribution in [2.24, 2.45) is 0 Å². The minimum Gasteiger partial charge on any atom is -0.360 e. The fraction of sp³-hybridized carbons (Fsp3) is 0.545. The van der Waals surface area contributed by atoms with Gasteiger partial charge in [-0.25, -0.2) is 19.3 Å². The van der Waals surface area contributed by atoms with Crippen LogP contribution in [0.2, 0.25) is 0 Å². The molecule has 0 radical (unpaired) electrons. The van der Waals surface area contributed by atoms with Crippen LogP contribution >= 0.6 is 11.6 Å². The minimum atomic E-state index is -0.270. The Morgan fingerprint density at radius 1 is 1.44 bits per heavy atom. The predicted octanol–water partition coefficient (Wildman–Crippen LogP) is 1.26. The van der Waals surface area contributed by atoms with Crippen LogP contribution in [0, 0.1) is 0 Å². The largest absolute Gasteiger partial charge is 0.360 e. The van der Waals surface area contributed by atoms with Crippen LogP contribution < -0.4 is 10.6 Å². The number of aromatic amines is 1. The summed E-state index contributed by atoms with van der Waals surface area (Å²) in [4.78, 5) is 17.6. The highest BCUT2D eigenvalue weighted by atomic mass is 35.5. The van der Waals surface area contributed by atoms with Gasteiger partial charge < -0.3 is 4.90 Å². The number of halogens is 1. The second-order valence-corrected chi connectivity index (χ2v) is 4.55. The lowest BCUT2D eigenvalue weighted by molar-refractivity contribution is 0.703. The Hall–Kier alpha value is -1.56. The van der Waals surface area contributed by atoms with Crippen LogP contribution in [0.5, 0.6) is 0 Å². The molecule has 6 nitrogen and oxygen atoms in total. The van der Waals surface area contributed by atoms with Crippen LogP contribution in [0.15, 0.2) is 17.2 Å². The first kappa shape index (κ1) is 12.9. The van der Waals surface area contributed by atoms with E-state index >= 15 is 0 Å². The molecule has 0 aliphatic carbocycles. The molecule has 0 spiro atoms. The van der Waals surface area contributed by atoms with E-state index in [1.54, 1.807) is 6.07 Å². The van der Waals surface area contributed by atoms with E-state index < -0.39 is 0 Å². The zero-order valence-corrected chi connectivity index (χ0v) is 11.0. The molecule has 0 fully saturated rings. The summed E-state index contributed by atoms with van der Waals surface area (Å²) in [7, 11) is 1.98. The van der Waals surface area contributed by atoms with Gasteiger partial charge in [0.25, 0.3) is 0 Å². The van der Waals surface area contributed by atoms with Gasteiger partial charge in [-0.15, -0.1) is 11.6 Å². The smallest absolute Gasteiger partial charge is 0.348 e. The van der Waals surface area contributed by atoms with Crippen LogP contribution in [0.25, 0.3) is 5.65 Å². The number of anilines is 1. The molecule has 0 amide bonds. The standard InChI is InChI=1S/C11H16ClN5O/c1-16(6-4-2-3-5-12)9-7-10-14-15-11(18)17(10)8-13-9/h7-8H,2-6H2,1H3,(H,15,18). The zero-order chi connectivity index (χ0) is 13.0. The van der Waals surface area contributed by atoms with Crippen molar-refractivity contribution < 1.29 is 0 Å².